The summed E-state index contributed by atoms with van der Waals surface area (Å²) in [6.07, 6.45) is -1.13. The molecule has 0 aliphatic carbocycles. The summed E-state index contributed by atoms with van der Waals surface area (Å²) < 4.78 is 17.8. The highest BCUT2D eigenvalue weighted by atomic mass is 35.6. The minimum atomic E-state index is -2.03. The maximum absolute atomic E-state index is 12.1. The van der Waals surface area contributed by atoms with E-state index in [0.29, 0.717) is 11.0 Å². The molecular weight excluding hydrogens is 763 g/mol. The van der Waals surface area contributed by atoms with Gasteiger partial charge in [-0.3, -0.25) is 4.79 Å². The Morgan fingerprint density at radius 1 is 0.759 bits per heavy atom. The number of nitrogens with one attached hydrogen (secondary N) is 1. The molecule has 1 aliphatic heterocycles. The van der Waals surface area contributed by atoms with Gasteiger partial charge in [-0.15, -0.1) is 0 Å². The zero-order valence-electron chi connectivity index (χ0n) is 29.2. The van der Waals surface area contributed by atoms with E-state index in [1.807, 2.05) is 133 Å². The quantitative estimate of drug-likeness (QED) is 0.0995. The van der Waals surface area contributed by atoms with Crippen LogP contribution in [-0.2, 0) is 27.4 Å². The Morgan fingerprint density at radius 2 is 1.41 bits per heavy atom. The lowest BCUT2D eigenvalue weighted by Gasteiger charge is -2.41. The summed E-state index contributed by atoms with van der Waals surface area (Å²) in [6, 6.07) is 43.8. The van der Waals surface area contributed by atoms with Gasteiger partial charge < -0.3 is 24.3 Å². The number of alkyl halides is 3. The van der Waals surface area contributed by atoms with Gasteiger partial charge in [-0.2, -0.15) is 0 Å². The average molecular weight is 800 g/mol. The summed E-state index contributed by atoms with van der Waals surface area (Å²) in [5, 5.41) is 12.9. The standard InChI is InChI=1S/C43H37Cl3N2O5S/c1-27-36(26-54-42-48-37(31-10-4-2-5-11-31)39(53-42)32-12-6-3-7-13-32)51-40(52-38(27)33-17-15-28(25-49)16-18-33)34-21-19-30(20-22-34)35-14-8-9-29(23-35)24-47-41(50)43(44,45)46/h2-23,27,36,38,40,49H,24-26H2,1H3,(H,47,50)/t27-,36+,38+,40+/m0/s1. The molecule has 1 saturated heterocycles. The first-order chi connectivity index (χ1) is 26.2. The van der Waals surface area contributed by atoms with E-state index in [0.717, 1.165) is 56.0 Å². The molecule has 5 aromatic carbocycles. The van der Waals surface area contributed by atoms with E-state index in [1.54, 1.807) is 0 Å². The van der Waals surface area contributed by atoms with E-state index < -0.39 is 16.0 Å². The van der Waals surface area contributed by atoms with Crippen molar-refractivity contribution in [2.24, 2.45) is 5.92 Å². The SMILES string of the molecule is C[C@H]1[C@@H](CSc2nc(-c3ccccc3)c(-c3ccccc3)o2)O[C@@H](c2ccc(-c3cccc(CNC(=O)C(Cl)(Cl)Cl)c3)cc2)O[C@H]1c1ccc(CO)cc1. The molecule has 0 bridgehead atoms. The number of ether oxygens (including phenoxy) is 2. The third kappa shape index (κ3) is 9.04. The Bertz CT molecular complexity index is 2100. The van der Waals surface area contributed by atoms with Gasteiger partial charge in [0.15, 0.2) is 12.1 Å². The molecule has 2 heterocycles. The topological polar surface area (TPSA) is 93.8 Å². The lowest BCUT2D eigenvalue weighted by molar-refractivity contribution is -0.268. The molecule has 7 rings (SSSR count). The number of oxazole rings is 1. The molecule has 11 heteroatoms. The van der Waals surface area contributed by atoms with Gasteiger partial charge in [-0.05, 0) is 33.9 Å². The molecule has 2 N–H and O–H groups in total. The van der Waals surface area contributed by atoms with Gasteiger partial charge in [-0.25, -0.2) is 4.98 Å². The molecule has 276 valence electrons. The molecular formula is C43H37Cl3N2O5S. The fraction of sp³-hybridized carbons (Fsp3) is 0.209. The normalized spacial score (nSPS) is 18.7. The summed E-state index contributed by atoms with van der Waals surface area (Å²) in [5.41, 5.74) is 8.26. The van der Waals surface area contributed by atoms with Crippen LogP contribution >= 0.6 is 46.6 Å². The van der Waals surface area contributed by atoms with Crippen molar-refractivity contribution in [3.63, 3.8) is 0 Å². The Morgan fingerprint density at radius 3 is 2.07 bits per heavy atom. The van der Waals surface area contributed by atoms with Gasteiger partial charge >= 0.3 is 0 Å². The van der Waals surface area contributed by atoms with Crippen LogP contribution in [0.5, 0.6) is 0 Å². The largest absolute Gasteiger partial charge is 0.431 e. The predicted octanol–water partition coefficient (Wildman–Crippen LogP) is 10.7. The number of carbonyl (C=O) groups excluding carboxylic acids is 1. The summed E-state index contributed by atoms with van der Waals surface area (Å²) in [6.45, 7) is 2.32. The van der Waals surface area contributed by atoms with Crippen molar-refractivity contribution in [3.05, 3.63) is 156 Å². The fourth-order valence-corrected chi connectivity index (χ4v) is 7.57. The highest BCUT2D eigenvalue weighted by molar-refractivity contribution is 7.99. The van der Waals surface area contributed by atoms with Crippen molar-refractivity contribution >= 4 is 52.5 Å². The van der Waals surface area contributed by atoms with Crippen LogP contribution < -0.4 is 5.32 Å². The van der Waals surface area contributed by atoms with Crippen molar-refractivity contribution in [3.8, 4) is 33.7 Å². The predicted molar refractivity (Wildman–Crippen MR) is 215 cm³/mol. The molecule has 0 radical (unpaired) electrons. The van der Waals surface area contributed by atoms with E-state index in [4.69, 9.17) is 53.7 Å². The first kappa shape index (κ1) is 38.2. The third-order valence-corrected chi connectivity index (χ3v) is 10.8. The number of hydrogen-bond acceptors (Lipinski definition) is 7. The molecule has 4 atom stereocenters. The molecule has 1 amide bonds. The van der Waals surface area contributed by atoms with Gasteiger partial charge in [0.2, 0.25) is 0 Å². The minimum absolute atomic E-state index is 0.0186. The number of hydrogen-bond donors (Lipinski definition) is 2. The van der Waals surface area contributed by atoms with Gasteiger partial charge in [0.1, 0.15) is 5.69 Å². The lowest BCUT2D eigenvalue weighted by atomic mass is 9.91. The zero-order chi connectivity index (χ0) is 37.7. The van der Waals surface area contributed by atoms with E-state index in [9.17, 15) is 9.90 Å². The number of amides is 1. The highest BCUT2D eigenvalue weighted by Crippen LogP contribution is 2.44. The van der Waals surface area contributed by atoms with Gasteiger partial charge in [-0.1, -0.05) is 181 Å². The van der Waals surface area contributed by atoms with Crippen molar-refractivity contribution in [2.45, 2.75) is 47.6 Å². The third-order valence-electron chi connectivity index (χ3n) is 9.34. The number of benzene rings is 5. The molecule has 1 fully saturated rings. The van der Waals surface area contributed by atoms with Gasteiger partial charge in [0, 0.05) is 34.9 Å². The van der Waals surface area contributed by atoms with Crippen LogP contribution in [0.25, 0.3) is 33.7 Å². The number of nitrogens with zero attached hydrogens (tertiary/aromatic N) is 1. The second kappa shape index (κ2) is 17.1. The number of carbonyl (C=O) groups is 1. The molecule has 0 unspecified atom stereocenters. The fourth-order valence-electron chi connectivity index (χ4n) is 6.38. The maximum atomic E-state index is 12.1. The summed E-state index contributed by atoms with van der Waals surface area (Å²) in [5.74, 6) is 0.602. The molecule has 54 heavy (non-hydrogen) atoms. The molecule has 7 nitrogen and oxygen atoms in total. The smallest absolute Gasteiger partial charge is 0.272 e. The minimum Gasteiger partial charge on any atom is -0.431 e. The molecule has 6 aromatic rings. The Hall–Kier alpha value is -4.12. The highest BCUT2D eigenvalue weighted by Gasteiger charge is 2.39. The Kier molecular flexibility index (Phi) is 12.1. The van der Waals surface area contributed by atoms with Crippen LogP contribution in [0.3, 0.4) is 0 Å². The van der Waals surface area contributed by atoms with Crippen molar-refractivity contribution in [2.75, 3.05) is 5.75 Å². The van der Waals surface area contributed by atoms with E-state index >= 15 is 0 Å². The van der Waals surface area contributed by atoms with Crippen LogP contribution in [0, 0.1) is 5.92 Å². The number of thioether (sulfide) groups is 1. The molecule has 0 spiro atoms. The van der Waals surface area contributed by atoms with Crippen molar-refractivity contribution in [1.82, 2.24) is 10.3 Å². The Balaban J connectivity index is 1.12. The van der Waals surface area contributed by atoms with Crippen molar-refractivity contribution < 1.29 is 23.8 Å². The zero-order valence-corrected chi connectivity index (χ0v) is 32.3. The lowest BCUT2D eigenvalue weighted by Crippen LogP contribution is -2.38. The first-order valence-electron chi connectivity index (χ1n) is 17.5. The van der Waals surface area contributed by atoms with Gasteiger partial charge in [0.05, 0.1) is 18.8 Å². The van der Waals surface area contributed by atoms with Crippen LogP contribution in [0.4, 0.5) is 0 Å². The number of aromatic nitrogens is 1. The second-order valence-electron chi connectivity index (χ2n) is 13.0. The number of halogens is 3. The van der Waals surface area contributed by atoms with E-state index in [-0.39, 0.29) is 31.3 Å². The first-order valence-corrected chi connectivity index (χ1v) is 19.6. The van der Waals surface area contributed by atoms with Crippen LogP contribution in [-0.4, -0.2) is 31.6 Å². The molecule has 1 aliphatic rings. The van der Waals surface area contributed by atoms with Crippen LogP contribution in [0.2, 0.25) is 0 Å². The van der Waals surface area contributed by atoms with Gasteiger partial charge in [0.25, 0.3) is 14.9 Å². The Labute approximate surface area is 333 Å². The summed E-state index contributed by atoms with van der Waals surface area (Å²) in [7, 11) is 0. The monoisotopic (exact) mass is 798 g/mol. The van der Waals surface area contributed by atoms with Crippen LogP contribution in [0.15, 0.2) is 143 Å². The number of aliphatic hydroxyl groups excluding tert-OH is 1. The average Bonchev–Trinajstić information content (AvgIpc) is 3.64. The molecule has 1 aromatic heterocycles. The number of aliphatic hydroxyl groups is 1. The maximum Gasteiger partial charge on any atom is 0.272 e. The second-order valence-corrected chi connectivity index (χ2v) is 16.3. The van der Waals surface area contributed by atoms with E-state index in [2.05, 4.69) is 12.2 Å². The number of rotatable bonds is 11. The molecule has 0 saturated carbocycles. The summed E-state index contributed by atoms with van der Waals surface area (Å²) >= 11 is 18.6. The van der Waals surface area contributed by atoms with Crippen molar-refractivity contribution in [1.29, 1.82) is 0 Å². The van der Waals surface area contributed by atoms with E-state index in [1.165, 1.54) is 11.8 Å². The van der Waals surface area contributed by atoms with Crippen LogP contribution in [0.1, 0.15) is 41.6 Å². The summed E-state index contributed by atoms with van der Waals surface area (Å²) in [4.78, 5) is 17.0.